The first-order valence-electron chi connectivity index (χ1n) is 6.94. The van der Waals surface area contributed by atoms with Crippen LogP contribution in [-0.4, -0.2) is 9.79 Å². The predicted octanol–water partition coefficient (Wildman–Crippen LogP) is 4.24. The topological polar surface area (TPSA) is 69.6 Å². The Bertz CT molecular complexity index is 682. The molecule has 0 radical (unpaired) electrons. The summed E-state index contributed by atoms with van der Waals surface area (Å²) in [5.74, 6) is -1.45. The van der Waals surface area contributed by atoms with Crippen LogP contribution in [0.3, 0.4) is 0 Å². The second-order valence-corrected chi connectivity index (χ2v) is 7.16. The van der Waals surface area contributed by atoms with Crippen molar-refractivity contribution >= 4 is 13.3 Å². The molecule has 3 N–H and O–H groups in total. The first kappa shape index (κ1) is 16.7. The number of anilines is 1. The fourth-order valence-corrected chi connectivity index (χ4v) is 3.03. The molecule has 2 rings (SSSR count). The van der Waals surface area contributed by atoms with Crippen LogP contribution < -0.4 is 5.32 Å². The number of rotatable bonds is 5. The smallest absolute Gasteiger partial charge is 0.352 e. The Morgan fingerprint density at radius 1 is 1.05 bits per heavy atom. The highest BCUT2D eigenvalue weighted by Crippen LogP contribution is 2.51. The summed E-state index contributed by atoms with van der Waals surface area (Å²) in [5.41, 5.74) is 1.91. The van der Waals surface area contributed by atoms with Gasteiger partial charge in [0.1, 0.15) is 5.82 Å². The summed E-state index contributed by atoms with van der Waals surface area (Å²) >= 11 is 0. The van der Waals surface area contributed by atoms with Crippen molar-refractivity contribution in [3.63, 3.8) is 0 Å². The van der Waals surface area contributed by atoms with Crippen LogP contribution in [0, 0.1) is 5.82 Å². The summed E-state index contributed by atoms with van der Waals surface area (Å²) in [7, 11) is -4.49. The van der Waals surface area contributed by atoms with E-state index >= 15 is 0 Å². The SMILES string of the molecule is CC(C)c1ccc(NC(c2cccc(F)c2)P(=O)(O)O)cc1. The van der Waals surface area contributed by atoms with Gasteiger partial charge in [0.15, 0.2) is 5.78 Å². The van der Waals surface area contributed by atoms with E-state index in [0.29, 0.717) is 11.6 Å². The molecule has 118 valence electrons. The van der Waals surface area contributed by atoms with Crippen molar-refractivity contribution in [2.24, 2.45) is 0 Å². The van der Waals surface area contributed by atoms with E-state index in [1.54, 1.807) is 12.1 Å². The minimum atomic E-state index is -4.49. The summed E-state index contributed by atoms with van der Waals surface area (Å²) in [4.78, 5) is 19.1. The molecule has 0 saturated carbocycles. The third-order valence-electron chi connectivity index (χ3n) is 3.38. The molecule has 6 heteroatoms. The summed E-state index contributed by atoms with van der Waals surface area (Å²) in [6, 6.07) is 12.6. The van der Waals surface area contributed by atoms with Gasteiger partial charge in [0.2, 0.25) is 0 Å². The lowest BCUT2D eigenvalue weighted by Crippen LogP contribution is -2.11. The van der Waals surface area contributed by atoms with E-state index < -0.39 is 19.2 Å². The number of benzene rings is 2. The lowest BCUT2D eigenvalue weighted by molar-refractivity contribution is 0.363. The largest absolute Gasteiger partial charge is 0.368 e. The van der Waals surface area contributed by atoms with E-state index in [1.807, 2.05) is 12.1 Å². The van der Waals surface area contributed by atoms with E-state index in [-0.39, 0.29) is 5.56 Å². The van der Waals surface area contributed by atoms with Crippen molar-refractivity contribution in [2.75, 3.05) is 5.32 Å². The molecule has 0 bridgehead atoms. The highest BCUT2D eigenvalue weighted by Gasteiger charge is 2.30. The molecule has 0 amide bonds. The maximum absolute atomic E-state index is 13.3. The molecule has 0 heterocycles. The maximum atomic E-state index is 13.3. The first-order chi connectivity index (χ1) is 10.3. The molecule has 2 aromatic rings. The van der Waals surface area contributed by atoms with Gasteiger partial charge in [-0.2, -0.15) is 0 Å². The molecule has 4 nitrogen and oxygen atoms in total. The average Bonchev–Trinajstić information content (AvgIpc) is 2.44. The Morgan fingerprint density at radius 3 is 2.18 bits per heavy atom. The van der Waals surface area contributed by atoms with Gasteiger partial charge in [-0.1, -0.05) is 38.1 Å². The summed E-state index contributed by atoms with van der Waals surface area (Å²) in [6.07, 6.45) is 0. The highest BCUT2D eigenvalue weighted by atomic mass is 31.2. The molecule has 0 saturated heterocycles. The first-order valence-corrected chi connectivity index (χ1v) is 8.62. The average molecular weight is 323 g/mol. The molecular formula is C16H19FNO3P. The van der Waals surface area contributed by atoms with Crippen molar-refractivity contribution in [1.82, 2.24) is 0 Å². The Kier molecular flexibility index (Phi) is 5.01. The van der Waals surface area contributed by atoms with Crippen LogP contribution in [-0.2, 0) is 4.57 Å². The lowest BCUT2D eigenvalue weighted by atomic mass is 10.0. The maximum Gasteiger partial charge on any atom is 0.352 e. The zero-order valence-electron chi connectivity index (χ0n) is 12.4. The van der Waals surface area contributed by atoms with Gasteiger partial charge in [0, 0.05) is 5.69 Å². The van der Waals surface area contributed by atoms with Crippen LogP contribution in [0.2, 0.25) is 0 Å². The summed E-state index contributed by atoms with van der Waals surface area (Å²) < 4.78 is 25.0. The van der Waals surface area contributed by atoms with E-state index in [2.05, 4.69) is 19.2 Å². The molecule has 1 unspecified atom stereocenters. The van der Waals surface area contributed by atoms with Gasteiger partial charge < -0.3 is 15.1 Å². The fourth-order valence-electron chi connectivity index (χ4n) is 2.16. The molecule has 0 aliphatic heterocycles. The number of hydrogen-bond donors (Lipinski definition) is 3. The van der Waals surface area contributed by atoms with Gasteiger partial charge in [0.25, 0.3) is 0 Å². The second-order valence-electron chi connectivity index (χ2n) is 5.47. The molecular weight excluding hydrogens is 304 g/mol. The predicted molar refractivity (Wildman–Crippen MR) is 85.3 cm³/mol. The molecule has 0 aliphatic carbocycles. The monoisotopic (exact) mass is 323 g/mol. The summed E-state index contributed by atoms with van der Waals surface area (Å²) in [6.45, 7) is 4.13. The van der Waals surface area contributed by atoms with Crippen molar-refractivity contribution in [3.8, 4) is 0 Å². The van der Waals surface area contributed by atoms with Crippen LogP contribution in [0.1, 0.15) is 36.7 Å². The van der Waals surface area contributed by atoms with Crippen molar-refractivity contribution in [1.29, 1.82) is 0 Å². The molecule has 0 spiro atoms. The van der Waals surface area contributed by atoms with Crippen molar-refractivity contribution < 1.29 is 18.7 Å². The highest BCUT2D eigenvalue weighted by molar-refractivity contribution is 7.52. The molecule has 22 heavy (non-hydrogen) atoms. The van der Waals surface area contributed by atoms with E-state index in [0.717, 1.165) is 11.6 Å². The van der Waals surface area contributed by atoms with Crippen molar-refractivity contribution in [3.05, 3.63) is 65.5 Å². The second kappa shape index (κ2) is 6.61. The van der Waals surface area contributed by atoms with Gasteiger partial charge >= 0.3 is 7.60 Å². The number of halogens is 1. The Morgan fingerprint density at radius 2 is 1.68 bits per heavy atom. The molecule has 0 aliphatic rings. The van der Waals surface area contributed by atoms with E-state index in [9.17, 15) is 18.7 Å². The molecule has 0 aromatic heterocycles. The normalized spacial score (nSPS) is 13.2. The van der Waals surface area contributed by atoms with Crippen LogP contribution in [0.4, 0.5) is 10.1 Å². The standard InChI is InChI=1S/C16H19FNO3P/c1-11(2)12-6-8-15(9-7-12)18-16(22(19,20)21)13-4-3-5-14(17)10-13/h3-11,16,18H,1-2H3,(H2,19,20,21). The zero-order valence-corrected chi connectivity index (χ0v) is 13.3. The van der Waals surface area contributed by atoms with Crippen LogP contribution in [0.25, 0.3) is 0 Å². The number of nitrogens with one attached hydrogen (secondary N) is 1. The zero-order chi connectivity index (χ0) is 16.3. The van der Waals surface area contributed by atoms with Gasteiger partial charge in [-0.15, -0.1) is 0 Å². The number of hydrogen-bond acceptors (Lipinski definition) is 2. The summed E-state index contributed by atoms with van der Waals surface area (Å²) in [5, 5.41) is 2.80. The van der Waals surface area contributed by atoms with E-state index in [1.165, 1.54) is 18.2 Å². The third kappa shape index (κ3) is 4.17. The van der Waals surface area contributed by atoms with Crippen LogP contribution in [0.5, 0.6) is 0 Å². The molecule has 1 atom stereocenters. The van der Waals surface area contributed by atoms with Crippen LogP contribution >= 0.6 is 7.60 Å². The fraction of sp³-hybridized carbons (Fsp3) is 0.250. The minimum Gasteiger partial charge on any atom is -0.368 e. The van der Waals surface area contributed by atoms with Gasteiger partial charge in [-0.05, 0) is 41.3 Å². The van der Waals surface area contributed by atoms with E-state index in [4.69, 9.17) is 0 Å². The van der Waals surface area contributed by atoms with Crippen molar-refractivity contribution in [2.45, 2.75) is 25.5 Å². The quantitative estimate of drug-likeness (QED) is 0.720. The Labute approximate surface area is 129 Å². The lowest BCUT2D eigenvalue weighted by Gasteiger charge is -2.22. The van der Waals surface area contributed by atoms with Gasteiger partial charge in [0.05, 0.1) is 0 Å². The van der Waals surface area contributed by atoms with Gasteiger partial charge in [-0.25, -0.2) is 4.39 Å². The van der Waals surface area contributed by atoms with Crippen LogP contribution in [0.15, 0.2) is 48.5 Å². The molecule has 0 fully saturated rings. The van der Waals surface area contributed by atoms with Gasteiger partial charge in [-0.3, -0.25) is 4.57 Å². The minimum absolute atomic E-state index is 0.210. The Balaban J connectivity index is 2.30. The Hall–Kier alpha value is -1.68. The third-order valence-corrected chi connectivity index (χ3v) is 4.48. The molecule has 2 aromatic carbocycles.